The molecule has 12 aromatic carbocycles. The fourth-order valence-electron chi connectivity index (χ4n) is 11.7. The van der Waals surface area contributed by atoms with Gasteiger partial charge in [0, 0.05) is 65.8 Å². The first kappa shape index (κ1) is 42.2. The Morgan fingerprint density at radius 2 is 0.579 bits per heavy atom. The van der Waals surface area contributed by atoms with Gasteiger partial charge in [-0.2, -0.15) is 0 Å². The molecule has 6 nitrogen and oxygen atoms in total. The Labute approximate surface area is 435 Å². The zero-order valence-corrected chi connectivity index (χ0v) is 40.8. The third-order valence-electron chi connectivity index (χ3n) is 15.3. The normalized spacial score (nSPS) is 11.9. The van der Waals surface area contributed by atoms with Crippen molar-refractivity contribution >= 4 is 133 Å². The van der Waals surface area contributed by atoms with Gasteiger partial charge in [-0.15, -0.1) is 0 Å². The predicted molar refractivity (Wildman–Crippen MR) is 313 cm³/mol. The molecule has 4 aromatic heterocycles. The van der Waals surface area contributed by atoms with Crippen LogP contribution in [0.25, 0.3) is 121 Å². The zero-order chi connectivity index (χ0) is 49.8. The molecule has 4 heterocycles. The Balaban J connectivity index is 0.727. The third kappa shape index (κ3) is 6.54. The van der Waals surface area contributed by atoms with Gasteiger partial charge in [0.15, 0.2) is 11.2 Å². The zero-order valence-electron chi connectivity index (χ0n) is 40.8. The van der Waals surface area contributed by atoms with Crippen LogP contribution in [-0.4, -0.2) is 0 Å². The first-order valence-electron chi connectivity index (χ1n) is 25.6. The molecule has 0 amide bonds. The van der Waals surface area contributed by atoms with E-state index < -0.39 is 0 Å². The van der Waals surface area contributed by atoms with Crippen molar-refractivity contribution in [3.8, 4) is 22.3 Å². The molecule has 16 aromatic rings. The van der Waals surface area contributed by atoms with E-state index in [9.17, 15) is 0 Å². The highest BCUT2D eigenvalue weighted by atomic mass is 16.3. The van der Waals surface area contributed by atoms with Gasteiger partial charge in [-0.1, -0.05) is 133 Å². The Morgan fingerprint density at radius 3 is 1.03 bits per heavy atom. The number of rotatable bonds is 8. The van der Waals surface area contributed by atoms with Gasteiger partial charge in [0.05, 0.1) is 11.4 Å². The van der Waals surface area contributed by atoms with E-state index in [2.05, 4.69) is 228 Å². The summed E-state index contributed by atoms with van der Waals surface area (Å²) in [7, 11) is 0. The summed E-state index contributed by atoms with van der Waals surface area (Å²) in [5.74, 6) is 0. The summed E-state index contributed by atoms with van der Waals surface area (Å²) in [6, 6.07) is 89.4. The van der Waals surface area contributed by atoms with E-state index in [1.165, 1.54) is 0 Å². The summed E-state index contributed by atoms with van der Waals surface area (Å²) in [6.45, 7) is 0. The van der Waals surface area contributed by atoms with Gasteiger partial charge in [0.1, 0.15) is 33.5 Å². The van der Waals surface area contributed by atoms with Crippen LogP contribution in [0.4, 0.5) is 34.1 Å². The largest absolute Gasteiger partial charge is 0.456 e. The fourth-order valence-corrected chi connectivity index (χ4v) is 11.7. The number of benzene rings is 12. The summed E-state index contributed by atoms with van der Waals surface area (Å²) in [6.07, 6.45) is 0. The number of anilines is 6. The van der Waals surface area contributed by atoms with Gasteiger partial charge in [0.2, 0.25) is 0 Å². The maximum Gasteiger partial charge on any atom is 0.159 e. The van der Waals surface area contributed by atoms with Crippen LogP contribution in [0.15, 0.2) is 272 Å². The van der Waals surface area contributed by atoms with Gasteiger partial charge >= 0.3 is 0 Å². The van der Waals surface area contributed by atoms with Gasteiger partial charge in [-0.3, -0.25) is 0 Å². The second-order valence-electron chi connectivity index (χ2n) is 19.5. The minimum Gasteiger partial charge on any atom is -0.456 e. The topological polar surface area (TPSA) is 59.0 Å². The minimum atomic E-state index is 0.845. The molecule has 356 valence electrons. The molecule has 0 N–H and O–H groups in total. The van der Waals surface area contributed by atoms with Crippen LogP contribution in [0.5, 0.6) is 0 Å². The third-order valence-corrected chi connectivity index (χ3v) is 15.3. The summed E-state index contributed by atoms with van der Waals surface area (Å²) in [5.41, 5.74) is 17.3. The van der Waals surface area contributed by atoms with E-state index in [4.69, 9.17) is 17.7 Å². The van der Waals surface area contributed by atoms with E-state index in [-0.39, 0.29) is 0 Å². The molecule has 0 aliphatic carbocycles. The summed E-state index contributed by atoms with van der Waals surface area (Å²) < 4.78 is 26.4. The lowest BCUT2D eigenvalue weighted by molar-refractivity contribution is 0.668. The van der Waals surface area contributed by atoms with E-state index >= 15 is 0 Å². The van der Waals surface area contributed by atoms with Crippen molar-refractivity contribution in [2.24, 2.45) is 0 Å². The van der Waals surface area contributed by atoms with Crippen LogP contribution < -0.4 is 9.80 Å². The van der Waals surface area contributed by atoms with Crippen molar-refractivity contribution in [1.29, 1.82) is 0 Å². The number of fused-ring (bicyclic) bond motifs is 15. The quantitative estimate of drug-likeness (QED) is 0.151. The van der Waals surface area contributed by atoms with Crippen LogP contribution in [0.1, 0.15) is 0 Å². The Hall–Kier alpha value is -10.3. The lowest BCUT2D eigenvalue weighted by Crippen LogP contribution is -2.10. The summed E-state index contributed by atoms with van der Waals surface area (Å²) in [4.78, 5) is 4.54. The molecule has 0 aliphatic heterocycles. The van der Waals surface area contributed by atoms with Gasteiger partial charge in [0.25, 0.3) is 0 Å². The van der Waals surface area contributed by atoms with Crippen molar-refractivity contribution in [1.82, 2.24) is 0 Å². The monoisotopic (exact) mass is 974 g/mol. The van der Waals surface area contributed by atoms with E-state index in [0.717, 1.165) is 155 Å². The maximum atomic E-state index is 6.67. The van der Waals surface area contributed by atoms with Crippen LogP contribution in [-0.2, 0) is 0 Å². The van der Waals surface area contributed by atoms with E-state index in [1.54, 1.807) is 0 Å². The first-order chi connectivity index (χ1) is 37.7. The molecule has 0 aliphatic rings. The van der Waals surface area contributed by atoms with Crippen molar-refractivity contribution in [3.63, 3.8) is 0 Å². The number of hydrogen-bond acceptors (Lipinski definition) is 6. The van der Waals surface area contributed by atoms with Crippen LogP contribution in [0, 0.1) is 0 Å². The first-order valence-corrected chi connectivity index (χ1v) is 25.6. The fraction of sp³-hybridized carbons (Fsp3) is 0. The van der Waals surface area contributed by atoms with Gasteiger partial charge in [-0.05, 0) is 154 Å². The molecule has 0 saturated heterocycles. The number of nitrogens with zero attached hydrogens (tertiary/aromatic N) is 2. The number of furan rings is 4. The second kappa shape index (κ2) is 16.6. The Bertz CT molecular complexity index is 4620. The van der Waals surface area contributed by atoms with E-state index in [1.807, 2.05) is 36.4 Å². The standard InChI is InChI=1S/C70H42N2O4/c1-3-13-47(14-4-1)71(59-21-11-19-55-51-17-7-9-23-61(51)75-69(55)59)49-31-25-43(26-32-49)45-29-35-57-65(41-45)73-63-39-37-54-53(67(57)63)38-40-64-68(54)58-36-30-46(42-66(58)74-64)44-27-33-50(34-28-44)72(48-15-5-2-6-16-48)60-22-12-20-56-52-18-8-10-24-62(52)76-70(56)60/h1-42H. The highest BCUT2D eigenvalue weighted by Gasteiger charge is 2.22. The number of para-hydroxylation sites is 6. The molecule has 0 atom stereocenters. The smallest absolute Gasteiger partial charge is 0.159 e. The molecule has 76 heavy (non-hydrogen) atoms. The summed E-state index contributed by atoms with van der Waals surface area (Å²) in [5, 5.41) is 11.0. The average Bonchev–Trinajstić information content (AvgIpc) is 4.31. The average molecular weight is 975 g/mol. The summed E-state index contributed by atoms with van der Waals surface area (Å²) >= 11 is 0. The van der Waals surface area contributed by atoms with Crippen LogP contribution >= 0.6 is 0 Å². The molecule has 0 bridgehead atoms. The minimum absolute atomic E-state index is 0.845. The Kier molecular flexibility index (Phi) is 9.23. The van der Waals surface area contributed by atoms with Crippen molar-refractivity contribution in [3.05, 3.63) is 255 Å². The number of hydrogen-bond donors (Lipinski definition) is 0. The second-order valence-corrected chi connectivity index (χ2v) is 19.5. The molecule has 16 rings (SSSR count). The molecule has 0 fully saturated rings. The molecular formula is C70H42N2O4. The maximum absolute atomic E-state index is 6.67. The predicted octanol–water partition coefficient (Wildman–Crippen LogP) is 20.7. The molecule has 0 saturated carbocycles. The Morgan fingerprint density at radius 1 is 0.211 bits per heavy atom. The van der Waals surface area contributed by atoms with Crippen LogP contribution in [0.2, 0.25) is 0 Å². The highest BCUT2D eigenvalue weighted by Crippen LogP contribution is 2.46. The highest BCUT2D eigenvalue weighted by molar-refractivity contribution is 6.27. The van der Waals surface area contributed by atoms with Gasteiger partial charge in [-0.25, -0.2) is 0 Å². The lowest BCUT2D eigenvalue weighted by Gasteiger charge is -2.25. The van der Waals surface area contributed by atoms with E-state index in [0.29, 0.717) is 0 Å². The van der Waals surface area contributed by atoms with Gasteiger partial charge < -0.3 is 27.5 Å². The van der Waals surface area contributed by atoms with Crippen molar-refractivity contribution in [2.45, 2.75) is 0 Å². The SMILES string of the molecule is c1ccc(N(c2ccc(-c3ccc4c(c3)oc3ccc5c(ccc6oc7cc(-c8ccc(N(c9ccccc9)c9cccc%10c9oc9ccccc9%10)cc8)ccc7c65)c34)cc2)c2cccc3c2oc2ccccc23)cc1. The van der Waals surface area contributed by atoms with Crippen molar-refractivity contribution in [2.75, 3.05) is 9.80 Å². The molecule has 0 unspecified atom stereocenters. The lowest BCUT2D eigenvalue weighted by atomic mass is 9.97. The molecule has 6 heteroatoms. The molecule has 0 spiro atoms. The molecule has 0 radical (unpaired) electrons. The van der Waals surface area contributed by atoms with Crippen LogP contribution in [0.3, 0.4) is 0 Å². The van der Waals surface area contributed by atoms with Crippen molar-refractivity contribution < 1.29 is 17.7 Å². The molecular weight excluding hydrogens is 933 g/mol.